The average Bonchev–Trinajstić information content (AvgIpc) is 2.38. The molecule has 0 heterocycles. The molecule has 3 N–H and O–H groups in total. The molecule has 0 aromatic heterocycles. The molecule has 0 atom stereocenters. The highest BCUT2D eigenvalue weighted by Gasteiger charge is 2.16. The van der Waals surface area contributed by atoms with Gasteiger partial charge in [-0.1, -0.05) is 30.0 Å². The van der Waals surface area contributed by atoms with E-state index in [1.165, 1.54) is 17.8 Å². The molecule has 0 aliphatic rings. The molecule has 20 heavy (non-hydrogen) atoms. The Morgan fingerprint density at radius 2 is 1.95 bits per heavy atom. The highest BCUT2D eigenvalue weighted by atomic mass is 32.2. The largest absolute Gasteiger partial charge is 0.384 e. The van der Waals surface area contributed by atoms with Crippen LogP contribution in [0.5, 0.6) is 0 Å². The summed E-state index contributed by atoms with van der Waals surface area (Å²) in [5, 5.41) is 18.6. The van der Waals surface area contributed by atoms with Crippen molar-refractivity contribution >= 4 is 23.3 Å². The molecule has 2 aromatic carbocycles. The van der Waals surface area contributed by atoms with Gasteiger partial charge in [0.05, 0.1) is 9.82 Å². The van der Waals surface area contributed by atoms with E-state index < -0.39 is 4.92 Å². The summed E-state index contributed by atoms with van der Waals surface area (Å²) in [4.78, 5) is 11.9. The van der Waals surface area contributed by atoms with Crippen LogP contribution in [0, 0.1) is 22.4 Å². The van der Waals surface area contributed by atoms with E-state index in [9.17, 15) is 10.1 Å². The molecule has 0 saturated heterocycles. The number of rotatable bonds is 4. The SMILES string of the molecule is Cc1ccc(C(=N)N)c(Sc2ccccc2[N+](=O)[O-])c1. The zero-order valence-corrected chi connectivity index (χ0v) is 11.6. The van der Waals surface area contributed by atoms with Crippen molar-refractivity contribution in [3.05, 3.63) is 63.7 Å². The van der Waals surface area contributed by atoms with Gasteiger partial charge in [0.25, 0.3) is 5.69 Å². The van der Waals surface area contributed by atoms with Crippen LogP contribution in [0.25, 0.3) is 0 Å². The van der Waals surface area contributed by atoms with Crippen molar-refractivity contribution in [3.63, 3.8) is 0 Å². The van der Waals surface area contributed by atoms with Crippen molar-refractivity contribution in [2.45, 2.75) is 16.7 Å². The fourth-order valence-electron chi connectivity index (χ4n) is 1.75. The average molecular weight is 287 g/mol. The van der Waals surface area contributed by atoms with E-state index in [0.717, 1.165) is 10.5 Å². The Labute approximate surface area is 120 Å². The number of nitrogens with zero attached hydrogens (tertiary/aromatic N) is 1. The van der Waals surface area contributed by atoms with E-state index in [4.69, 9.17) is 11.1 Å². The molecule has 0 aliphatic carbocycles. The van der Waals surface area contributed by atoms with Crippen molar-refractivity contribution in [1.29, 1.82) is 5.41 Å². The third-order valence-corrected chi connectivity index (χ3v) is 3.83. The van der Waals surface area contributed by atoms with E-state index in [2.05, 4.69) is 0 Å². The predicted octanol–water partition coefficient (Wildman–Crippen LogP) is 3.34. The lowest BCUT2D eigenvalue weighted by molar-refractivity contribution is -0.387. The molecule has 2 rings (SSSR count). The van der Waals surface area contributed by atoms with Gasteiger partial charge in [-0.2, -0.15) is 0 Å². The van der Waals surface area contributed by atoms with Gasteiger partial charge in [0.2, 0.25) is 0 Å². The predicted molar refractivity (Wildman–Crippen MR) is 79.4 cm³/mol. The number of aryl methyl sites for hydroxylation is 1. The third kappa shape index (κ3) is 2.97. The van der Waals surface area contributed by atoms with Crippen LogP contribution in [-0.4, -0.2) is 10.8 Å². The highest BCUT2D eigenvalue weighted by molar-refractivity contribution is 7.99. The van der Waals surface area contributed by atoms with Gasteiger partial charge in [0, 0.05) is 16.5 Å². The fraction of sp³-hybridized carbons (Fsp3) is 0.0714. The minimum Gasteiger partial charge on any atom is -0.384 e. The van der Waals surface area contributed by atoms with Crippen LogP contribution in [0.15, 0.2) is 52.3 Å². The zero-order chi connectivity index (χ0) is 14.7. The summed E-state index contributed by atoms with van der Waals surface area (Å²) in [6, 6.07) is 12.0. The summed E-state index contributed by atoms with van der Waals surface area (Å²) >= 11 is 1.25. The van der Waals surface area contributed by atoms with Crippen molar-refractivity contribution in [2.24, 2.45) is 5.73 Å². The Morgan fingerprint density at radius 1 is 1.25 bits per heavy atom. The van der Waals surface area contributed by atoms with Crippen LogP contribution in [0.1, 0.15) is 11.1 Å². The number of nitro benzene ring substituents is 1. The third-order valence-electron chi connectivity index (χ3n) is 2.71. The first kappa shape index (κ1) is 14.1. The topological polar surface area (TPSA) is 93.0 Å². The molecular formula is C14H13N3O2S. The zero-order valence-electron chi connectivity index (χ0n) is 10.8. The maximum absolute atomic E-state index is 11.0. The normalized spacial score (nSPS) is 10.2. The molecule has 0 radical (unpaired) electrons. The molecule has 6 heteroatoms. The second-order valence-electron chi connectivity index (χ2n) is 4.24. The van der Waals surface area contributed by atoms with Gasteiger partial charge >= 0.3 is 0 Å². The van der Waals surface area contributed by atoms with Crippen LogP contribution in [0.4, 0.5) is 5.69 Å². The Balaban J connectivity index is 2.47. The van der Waals surface area contributed by atoms with Gasteiger partial charge in [-0.3, -0.25) is 15.5 Å². The smallest absolute Gasteiger partial charge is 0.283 e. The molecule has 0 amide bonds. The van der Waals surface area contributed by atoms with E-state index in [0.29, 0.717) is 10.5 Å². The van der Waals surface area contributed by atoms with Crippen LogP contribution in [0.2, 0.25) is 0 Å². The van der Waals surface area contributed by atoms with Crippen molar-refractivity contribution in [1.82, 2.24) is 0 Å². The number of nitrogens with one attached hydrogen (secondary N) is 1. The van der Waals surface area contributed by atoms with E-state index >= 15 is 0 Å². The minimum atomic E-state index is -0.411. The first-order chi connectivity index (χ1) is 9.49. The second kappa shape index (κ2) is 5.75. The second-order valence-corrected chi connectivity index (χ2v) is 5.32. The Morgan fingerprint density at radius 3 is 2.60 bits per heavy atom. The van der Waals surface area contributed by atoms with E-state index in [1.54, 1.807) is 24.3 Å². The number of hydrogen-bond acceptors (Lipinski definition) is 4. The van der Waals surface area contributed by atoms with Gasteiger partial charge in [-0.05, 0) is 30.7 Å². The molecule has 2 aromatic rings. The first-order valence-corrected chi connectivity index (χ1v) is 6.67. The molecule has 0 fully saturated rings. The fourth-order valence-corrected chi connectivity index (χ4v) is 2.91. The molecule has 0 spiro atoms. The highest BCUT2D eigenvalue weighted by Crippen LogP contribution is 2.36. The van der Waals surface area contributed by atoms with Crippen LogP contribution >= 0.6 is 11.8 Å². The van der Waals surface area contributed by atoms with E-state index in [1.807, 2.05) is 19.1 Å². The van der Waals surface area contributed by atoms with Crippen molar-refractivity contribution in [2.75, 3.05) is 0 Å². The first-order valence-electron chi connectivity index (χ1n) is 5.85. The summed E-state index contributed by atoms with van der Waals surface area (Å²) in [5.74, 6) is -0.0499. The molecule has 0 bridgehead atoms. The molecule has 0 aliphatic heterocycles. The molecular weight excluding hydrogens is 274 g/mol. The van der Waals surface area contributed by atoms with Crippen LogP contribution < -0.4 is 5.73 Å². The molecule has 5 nitrogen and oxygen atoms in total. The van der Waals surface area contributed by atoms with Gasteiger partial charge in [0.1, 0.15) is 5.84 Å². The number of nitro groups is 1. The molecule has 0 unspecified atom stereocenters. The van der Waals surface area contributed by atoms with Gasteiger partial charge in [-0.15, -0.1) is 0 Å². The minimum absolute atomic E-state index is 0.0495. The Bertz CT molecular complexity index is 686. The summed E-state index contributed by atoms with van der Waals surface area (Å²) in [6.07, 6.45) is 0. The van der Waals surface area contributed by atoms with Gasteiger partial charge in [-0.25, -0.2) is 0 Å². The monoisotopic (exact) mass is 287 g/mol. The number of nitrogen functional groups attached to an aromatic ring is 1. The Hall–Kier alpha value is -2.34. The number of para-hydroxylation sites is 1. The standard InChI is InChI=1S/C14H13N3O2S/c1-9-6-7-10(14(15)16)13(8-9)20-12-5-3-2-4-11(12)17(18)19/h2-8H,1H3,(H3,15,16). The van der Waals surface area contributed by atoms with Crippen molar-refractivity contribution in [3.8, 4) is 0 Å². The van der Waals surface area contributed by atoms with E-state index in [-0.39, 0.29) is 11.5 Å². The van der Waals surface area contributed by atoms with Gasteiger partial charge < -0.3 is 5.73 Å². The number of hydrogen-bond donors (Lipinski definition) is 2. The van der Waals surface area contributed by atoms with Crippen LogP contribution in [0.3, 0.4) is 0 Å². The van der Waals surface area contributed by atoms with Gasteiger partial charge in [0.15, 0.2) is 0 Å². The summed E-state index contributed by atoms with van der Waals surface area (Å²) in [6.45, 7) is 1.92. The summed E-state index contributed by atoms with van der Waals surface area (Å²) < 4.78 is 0. The quantitative estimate of drug-likeness (QED) is 0.390. The lowest BCUT2D eigenvalue weighted by atomic mass is 10.1. The number of nitrogens with two attached hydrogens (primary N) is 1. The number of amidine groups is 1. The maximum atomic E-state index is 11.0. The summed E-state index contributed by atoms with van der Waals surface area (Å²) in [5.41, 5.74) is 7.19. The summed E-state index contributed by atoms with van der Waals surface area (Å²) in [7, 11) is 0. The lowest BCUT2D eigenvalue weighted by Crippen LogP contribution is -2.12. The lowest BCUT2D eigenvalue weighted by Gasteiger charge is -2.09. The number of benzene rings is 2. The molecule has 102 valence electrons. The van der Waals surface area contributed by atoms with Crippen LogP contribution in [-0.2, 0) is 0 Å². The maximum Gasteiger partial charge on any atom is 0.283 e. The van der Waals surface area contributed by atoms with Crippen molar-refractivity contribution < 1.29 is 4.92 Å². The molecule has 0 saturated carbocycles. The Kier molecular flexibility index (Phi) is 4.05.